The van der Waals surface area contributed by atoms with E-state index >= 15 is 0 Å². The normalized spacial score (nSPS) is 20.8. The zero-order chi connectivity index (χ0) is 40.8. The topological polar surface area (TPSA) is 134 Å². The number of ether oxygens (including phenoxy) is 1. The van der Waals surface area contributed by atoms with Crippen LogP contribution in [0.1, 0.15) is 90.4 Å². The lowest BCUT2D eigenvalue weighted by atomic mass is 9.88. The van der Waals surface area contributed by atoms with Crippen LogP contribution in [0.5, 0.6) is 0 Å². The number of thioether (sulfide) groups is 1. The zero-order valence-electron chi connectivity index (χ0n) is 33.3. The quantitative estimate of drug-likeness (QED) is 0.0642. The van der Waals surface area contributed by atoms with Gasteiger partial charge in [-0.05, 0) is 122 Å². The lowest BCUT2D eigenvalue weighted by Gasteiger charge is -2.36. The smallest absolute Gasteiger partial charge is 0.293 e. The van der Waals surface area contributed by atoms with E-state index in [4.69, 9.17) is 4.74 Å². The number of benzene rings is 4. The summed E-state index contributed by atoms with van der Waals surface area (Å²) >= 11 is 1.65. The van der Waals surface area contributed by atoms with Crippen molar-refractivity contribution in [3.05, 3.63) is 136 Å². The summed E-state index contributed by atoms with van der Waals surface area (Å²) in [5, 5.41) is 15.7. The molecule has 3 unspecified atom stereocenters. The number of amides is 1. The first kappa shape index (κ1) is 41.2. The van der Waals surface area contributed by atoms with Gasteiger partial charge in [-0.1, -0.05) is 60.7 Å². The zero-order valence-corrected chi connectivity index (χ0v) is 35.0. The van der Waals surface area contributed by atoms with E-state index in [2.05, 4.69) is 50.2 Å². The highest BCUT2D eigenvalue weighted by Gasteiger charge is 2.36. The number of hydrogen-bond acceptors (Lipinski definition) is 10. The molecule has 2 N–H and O–H groups in total. The molecular weight excluding hydrogens is 783 g/mol. The number of nitrogens with zero attached hydrogens (tertiary/aromatic N) is 3. The second kappa shape index (κ2) is 18.8. The maximum atomic E-state index is 13.5. The molecule has 11 nitrogen and oxygen atoms in total. The van der Waals surface area contributed by atoms with Crippen molar-refractivity contribution < 1.29 is 22.9 Å². The minimum Gasteiger partial charge on any atom is -0.379 e. The molecule has 4 aliphatic rings. The molecule has 0 bridgehead atoms. The van der Waals surface area contributed by atoms with Gasteiger partial charge in [-0.15, -0.1) is 11.8 Å². The summed E-state index contributed by atoms with van der Waals surface area (Å²) in [4.78, 5) is 30.8. The van der Waals surface area contributed by atoms with Gasteiger partial charge in [0.15, 0.2) is 0 Å². The molecule has 3 fully saturated rings. The van der Waals surface area contributed by atoms with Gasteiger partial charge in [0.25, 0.3) is 21.6 Å². The predicted octanol–water partition coefficient (Wildman–Crippen LogP) is 8.66. The average Bonchev–Trinajstić information content (AvgIpc) is 4.00. The largest absolute Gasteiger partial charge is 0.379 e. The Morgan fingerprint density at radius 1 is 0.898 bits per heavy atom. The number of rotatable bonds is 16. The van der Waals surface area contributed by atoms with Crippen molar-refractivity contribution in [2.75, 3.05) is 50.5 Å². The van der Waals surface area contributed by atoms with Crippen molar-refractivity contribution >= 4 is 44.6 Å². The standard InChI is InChI=1S/C46H53N5O6S2/c52-46(36-16-12-33(13-17-36)34-18-20-38(21-19-34)50-25-6-11-44(50)42-10-5-4-9-41(42)35-14-15-35)48-59(55,56)40-22-23-43(45(31-40)51(53)54)47-37(24-26-49-27-29-57-30-28-49)32-58-39-7-2-1-3-8-39/h1-5,7-10,12-13,16-18,22-23,31,35,37-38,44,47H,6,11,14-15,19-21,24-30,32H2,(H,48,52). The van der Waals surface area contributed by atoms with E-state index < -0.39 is 20.9 Å². The third kappa shape index (κ3) is 10.3. The number of nitro benzene ring substituents is 1. The monoisotopic (exact) mass is 835 g/mol. The molecule has 13 heteroatoms. The Hall–Kier alpha value is -4.53. The number of likely N-dealkylation sites (tertiary alicyclic amines) is 1. The molecule has 1 saturated carbocycles. The molecule has 8 rings (SSSR count). The maximum Gasteiger partial charge on any atom is 0.293 e. The number of nitrogens with one attached hydrogen (secondary N) is 2. The van der Waals surface area contributed by atoms with Crippen LogP contribution in [0, 0.1) is 10.1 Å². The molecule has 2 saturated heterocycles. The van der Waals surface area contributed by atoms with Crippen LogP contribution in [0.25, 0.3) is 5.57 Å². The minimum absolute atomic E-state index is 0.144. The molecule has 4 aromatic carbocycles. The van der Waals surface area contributed by atoms with Gasteiger partial charge in [0, 0.05) is 60.0 Å². The predicted molar refractivity (Wildman–Crippen MR) is 233 cm³/mol. The number of carbonyl (C=O) groups excluding carboxylic acids is 1. The van der Waals surface area contributed by atoms with Gasteiger partial charge in [-0.25, -0.2) is 13.1 Å². The van der Waals surface area contributed by atoms with Gasteiger partial charge in [-0.2, -0.15) is 0 Å². The number of hydrogen-bond donors (Lipinski definition) is 2. The lowest BCUT2D eigenvalue weighted by molar-refractivity contribution is -0.384. The Morgan fingerprint density at radius 3 is 2.36 bits per heavy atom. The first-order chi connectivity index (χ1) is 28.7. The maximum absolute atomic E-state index is 13.5. The SMILES string of the molecule is O=C(NS(=O)(=O)c1ccc(NC(CCN2CCOCC2)CSc2ccccc2)c([N+](=O)[O-])c1)c1ccc(C2=CCC(N3CCCC3c3ccccc3C3CC3)CC2)cc1. The highest BCUT2D eigenvalue weighted by Crippen LogP contribution is 2.47. The third-order valence-corrected chi connectivity index (χ3v) is 14.7. The van der Waals surface area contributed by atoms with Crippen LogP contribution in [-0.4, -0.2) is 86.3 Å². The van der Waals surface area contributed by atoms with E-state index in [9.17, 15) is 23.3 Å². The summed E-state index contributed by atoms with van der Waals surface area (Å²) in [7, 11) is -4.42. The van der Waals surface area contributed by atoms with E-state index in [0.717, 1.165) is 74.3 Å². The van der Waals surface area contributed by atoms with Gasteiger partial charge in [0.1, 0.15) is 5.69 Å². The van der Waals surface area contributed by atoms with Crippen molar-refractivity contribution in [3.63, 3.8) is 0 Å². The first-order valence-electron chi connectivity index (χ1n) is 21.0. The van der Waals surface area contributed by atoms with Crippen LogP contribution in [0.2, 0.25) is 0 Å². The number of sulfonamides is 1. The molecule has 310 valence electrons. The van der Waals surface area contributed by atoms with E-state index in [0.29, 0.717) is 31.1 Å². The molecule has 2 aliphatic carbocycles. The molecule has 0 radical (unpaired) electrons. The van der Waals surface area contributed by atoms with Crippen LogP contribution in [0.4, 0.5) is 11.4 Å². The van der Waals surface area contributed by atoms with Crippen molar-refractivity contribution in [2.45, 2.75) is 85.2 Å². The van der Waals surface area contributed by atoms with Gasteiger partial charge < -0.3 is 10.1 Å². The average molecular weight is 836 g/mol. The number of anilines is 1. The van der Waals surface area contributed by atoms with Crippen molar-refractivity contribution in [1.82, 2.24) is 14.5 Å². The number of allylic oxidation sites excluding steroid dienone is 1. The summed E-state index contributed by atoms with van der Waals surface area (Å²) in [5.41, 5.74) is 5.36. The van der Waals surface area contributed by atoms with E-state index in [1.54, 1.807) is 29.5 Å². The van der Waals surface area contributed by atoms with Crippen LogP contribution < -0.4 is 10.0 Å². The number of morpholine rings is 1. The summed E-state index contributed by atoms with van der Waals surface area (Å²) in [6.07, 6.45) is 11.1. The molecule has 0 spiro atoms. The van der Waals surface area contributed by atoms with Crippen LogP contribution in [0.15, 0.2) is 113 Å². The first-order valence-corrected chi connectivity index (χ1v) is 23.4. The summed E-state index contributed by atoms with van der Waals surface area (Å²) in [5.74, 6) is 0.580. The Morgan fingerprint density at radius 2 is 1.64 bits per heavy atom. The summed E-state index contributed by atoms with van der Waals surface area (Å²) in [6, 6.07) is 30.6. The molecule has 3 atom stereocenters. The third-order valence-electron chi connectivity index (χ3n) is 12.2. The molecule has 2 aliphatic heterocycles. The fraction of sp³-hybridized carbons (Fsp3) is 0.413. The molecule has 1 amide bonds. The van der Waals surface area contributed by atoms with Crippen LogP contribution in [-0.2, 0) is 14.8 Å². The van der Waals surface area contributed by atoms with Gasteiger partial charge in [0.05, 0.1) is 23.0 Å². The highest BCUT2D eigenvalue weighted by molar-refractivity contribution is 7.99. The van der Waals surface area contributed by atoms with E-state index in [1.165, 1.54) is 49.0 Å². The van der Waals surface area contributed by atoms with Gasteiger partial charge >= 0.3 is 0 Å². The highest BCUT2D eigenvalue weighted by atomic mass is 32.2. The van der Waals surface area contributed by atoms with Gasteiger partial charge in [-0.3, -0.25) is 24.7 Å². The Bertz CT molecular complexity index is 2240. The molecule has 4 aromatic rings. The number of carbonyl (C=O) groups is 1. The fourth-order valence-electron chi connectivity index (χ4n) is 8.85. The molecule has 59 heavy (non-hydrogen) atoms. The minimum atomic E-state index is -4.42. The second-order valence-corrected chi connectivity index (χ2v) is 18.9. The Kier molecular flexibility index (Phi) is 13.1. The van der Waals surface area contributed by atoms with E-state index in [-0.39, 0.29) is 27.9 Å². The second-order valence-electron chi connectivity index (χ2n) is 16.1. The Labute approximate surface area is 351 Å². The lowest BCUT2D eigenvalue weighted by Crippen LogP contribution is -2.39. The fourth-order valence-corrected chi connectivity index (χ4v) is 10.8. The molecule has 2 heterocycles. The summed E-state index contributed by atoms with van der Waals surface area (Å²) < 4.78 is 34.6. The van der Waals surface area contributed by atoms with Crippen LogP contribution in [0.3, 0.4) is 0 Å². The Balaban J connectivity index is 0.898. The molecule has 0 aromatic heterocycles. The number of nitro groups is 1. The van der Waals surface area contributed by atoms with Crippen molar-refractivity contribution in [3.8, 4) is 0 Å². The summed E-state index contributed by atoms with van der Waals surface area (Å²) in [6.45, 7) is 4.93. The van der Waals surface area contributed by atoms with Gasteiger partial charge in [0.2, 0.25) is 0 Å². The molecular formula is C46H53N5O6S2. The van der Waals surface area contributed by atoms with Crippen molar-refractivity contribution in [2.24, 2.45) is 0 Å². The van der Waals surface area contributed by atoms with E-state index in [1.807, 2.05) is 42.5 Å². The van der Waals surface area contributed by atoms with Crippen LogP contribution >= 0.6 is 11.8 Å². The van der Waals surface area contributed by atoms with Crippen molar-refractivity contribution in [1.29, 1.82) is 0 Å².